The average Bonchev–Trinajstić information content (AvgIpc) is 2.67. The van der Waals surface area contributed by atoms with Crippen LogP contribution in [0, 0.1) is 27.7 Å². The fraction of sp³-hybridized carbons (Fsp3) is 0.318. The Morgan fingerprint density at radius 1 is 1.00 bits per heavy atom. The first-order valence-electron chi connectivity index (χ1n) is 10.3. The smallest absolute Gasteiger partial charge is 0.351 e. The number of H-pyrrole nitrogens is 1. The Labute approximate surface area is 192 Å². The van der Waals surface area contributed by atoms with E-state index in [-0.39, 0.29) is 11.9 Å². The highest BCUT2D eigenvalue weighted by molar-refractivity contribution is 7.86. The molecule has 0 saturated carbocycles. The maximum atomic E-state index is 11.9. The van der Waals surface area contributed by atoms with Crippen molar-refractivity contribution >= 4 is 33.4 Å². The van der Waals surface area contributed by atoms with Crippen LogP contribution in [0.15, 0.2) is 29.1 Å². The van der Waals surface area contributed by atoms with Gasteiger partial charge in [0, 0.05) is 11.4 Å². The van der Waals surface area contributed by atoms with E-state index < -0.39 is 21.2 Å². The van der Waals surface area contributed by atoms with Gasteiger partial charge in [-0.1, -0.05) is 24.3 Å². The summed E-state index contributed by atoms with van der Waals surface area (Å²) >= 11 is 0. The first-order valence-corrected chi connectivity index (χ1v) is 11.8. The maximum Gasteiger partial charge on any atom is 0.351 e. The molecule has 11 heteroatoms. The SMILES string of the molecule is Cc1cc(Cc2cc(C)c(Nc3nc(NC(C)S(=O)(=O)O)nc(=O)[nH]3)c(C)c2)cc(C)c1N. The molecule has 1 atom stereocenters. The molecular weight excluding hydrogens is 444 g/mol. The van der Waals surface area contributed by atoms with E-state index in [4.69, 9.17) is 10.3 Å². The van der Waals surface area contributed by atoms with Gasteiger partial charge in [-0.15, -0.1) is 0 Å². The zero-order valence-corrected chi connectivity index (χ0v) is 20.0. The highest BCUT2D eigenvalue weighted by Gasteiger charge is 2.19. The average molecular weight is 473 g/mol. The van der Waals surface area contributed by atoms with Crippen LogP contribution in [0.3, 0.4) is 0 Å². The number of nitrogens with one attached hydrogen (secondary N) is 3. The molecule has 0 spiro atoms. The zero-order valence-electron chi connectivity index (χ0n) is 19.1. The molecule has 0 radical (unpaired) electrons. The fourth-order valence-corrected chi connectivity index (χ4v) is 3.89. The van der Waals surface area contributed by atoms with Gasteiger partial charge in [0.15, 0.2) is 5.37 Å². The monoisotopic (exact) mass is 472 g/mol. The van der Waals surface area contributed by atoms with Crippen molar-refractivity contribution in [2.24, 2.45) is 0 Å². The van der Waals surface area contributed by atoms with Crippen LogP contribution < -0.4 is 22.1 Å². The van der Waals surface area contributed by atoms with Crippen LogP contribution in [-0.2, 0) is 16.5 Å². The Morgan fingerprint density at radius 2 is 1.52 bits per heavy atom. The number of nitrogen functional groups attached to an aromatic ring is 1. The Morgan fingerprint density at radius 3 is 2.03 bits per heavy atom. The highest BCUT2D eigenvalue weighted by atomic mass is 32.2. The summed E-state index contributed by atoms with van der Waals surface area (Å²) in [6, 6.07) is 8.28. The fourth-order valence-electron chi connectivity index (χ4n) is 3.64. The van der Waals surface area contributed by atoms with Crippen molar-refractivity contribution in [1.82, 2.24) is 15.0 Å². The standard InChI is InChI=1S/C22H28N6O4S/c1-11-6-16(7-12(2)18(11)23)10-17-8-13(3)19(14(4)9-17)25-21-26-20(27-22(29)28-21)24-15(5)33(30,31)32/h6-9,15H,10,23H2,1-5H3,(H,30,31,32)(H3,24,25,26,27,28,29). The maximum absolute atomic E-state index is 11.9. The topological polar surface area (TPSA) is 163 Å². The summed E-state index contributed by atoms with van der Waals surface area (Å²) in [5.74, 6) is -0.142. The van der Waals surface area contributed by atoms with E-state index in [0.717, 1.165) is 45.6 Å². The third-order valence-corrected chi connectivity index (χ3v) is 6.34. The normalized spacial score (nSPS) is 12.4. The molecule has 1 heterocycles. The van der Waals surface area contributed by atoms with E-state index in [9.17, 15) is 13.2 Å². The number of nitrogens with zero attached hydrogens (tertiary/aromatic N) is 2. The van der Waals surface area contributed by atoms with Crippen molar-refractivity contribution in [3.05, 3.63) is 68.1 Å². The van der Waals surface area contributed by atoms with Gasteiger partial charge in [0.2, 0.25) is 11.9 Å². The first kappa shape index (κ1) is 24.2. The summed E-state index contributed by atoms with van der Waals surface area (Å²) in [6.07, 6.45) is 0.746. The first-order chi connectivity index (χ1) is 15.3. The lowest BCUT2D eigenvalue weighted by Crippen LogP contribution is -2.28. The highest BCUT2D eigenvalue weighted by Crippen LogP contribution is 2.27. The second-order valence-corrected chi connectivity index (χ2v) is 9.91. The number of aromatic nitrogens is 3. The quantitative estimate of drug-likeness (QED) is 0.257. The van der Waals surface area contributed by atoms with Gasteiger partial charge in [0.25, 0.3) is 10.1 Å². The number of rotatable bonds is 7. The largest absolute Gasteiger partial charge is 0.398 e. The minimum Gasteiger partial charge on any atom is -0.398 e. The molecule has 0 aliphatic rings. The summed E-state index contributed by atoms with van der Waals surface area (Å²) in [6.45, 7) is 9.09. The van der Waals surface area contributed by atoms with Gasteiger partial charge in [-0.3, -0.25) is 9.54 Å². The molecule has 176 valence electrons. The molecule has 0 saturated heterocycles. The molecule has 0 bridgehead atoms. The van der Waals surface area contributed by atoms with Crippen LogP contribution in [0.5, 0.6) is 0 Å². The zero-order chi connectivity index (χ0) is 24.5. The van der Waals surface area contributed by atoms with Crippen molar-refractivity contribution in [3.8, 4) is 0 Å². The number of benzene rings is 2. The number of aromatic amines is 1. The van der Waals surface area contributed by atoms with Gasteiger partial charge in [-0.05, 0) is 74.4 Å². The van der Waals surface area contributed by atoms with Gasteiger partial charge >= 0.3 is 5.69 Å². The molecule has 1 aromatic heterocycles. The lowest BCUT2D eigenvalue weighted by atomic mass is 9.96. The van der Waals surface area contributed by atoms with E-state index in [1.165, 1.54) is 12.5 Å². The number of nitrogens with two attached hydrogens (primary N) is 1. The molecule has 3 rings (SSSR count). The number of anilines is 4. The summed E-state index contributed by atoms with van der Waals surface area (Å²) < 4.78 is 31.6. The predicted molar refractivity (Wildman–Crippen MR) is 130 cm³/mol. The second-order valence-electron chi connectivity index (χ2n) is 8.18. The Hall–Kier alpha value is -3.44. The Bertz CT molecular complexity index is 1320. The second kappa shape index (κ2) is 9.20. The molecule has 33 heavy (non-hydrogen) atoms. The molecular formula is C22H28N6O4S. The van der Waals surface area contributed by atoms with Crippen molar-refractivity contribution in [1.29, 1.82) is 0 Å². The van der Waals surface area contributed by atoms with Gasteiger partial charge < -0.3 is 16.4 Å². The van der Waals surface area contributed by atoms with Crippen molar-refractivity contribution < 1.29 is 13.0 Å². The number of hydrogen-bond donors (Lipinski definition) is 5. The molecule has 0 aliphatic carbocycles. The van der Waals surface area contributed by atoms with Crippen LogP contribution >= 0.6 is 0 Å². The number of aryl methyl sites for hydroxylation is 4. The molecule has 0 fully saturated rings. The lowest BCUT2D eigenvalue weighted by Gasteiger charge is -2.16. The Kier molecular flexibility index (Phi) is 6.75. The van der Waals surface area contributed by atoms with Crippen molar-refractivity contribution in [2.45, 2.75) is 46.4 Å². The van der Waals surface area contributed by atoms with Gasteiger partial charge in [-0.25, -0.2) is 4.79 Å². The molecule has 2 aromatic carbocycles. The molecule has 6 N–H and O–H groups in total. The summed E-state index contributed by atoms with van der Waals surface area (Å²) in [5.41, 5.74) is 13.2. The molecule has 10 nitrogen and oxygen atoms in total. The van der Waals surface area contributed by atoms with E-state index in [2.05, 4.69) is 49.9 Å². The van der Waals surface area contributed by atoms with E-state index in [0.29, 0.717) is 0 Å². The third kappa shape index (κ3) is 5.88. The van der Waals surface area contributed by atoms with Crippen LogP contribution in [0.1, 0.15) is 40.3 Å². The van der Waals surface area contributed by atoms with Gasteiger partial charge in [0.1, 0.15) is 0 Å². The predicted octanol–water partition coefficient (Wildman–Crippen LogP) is 2.96. The minimum atomic E-state index is -4.37. The van der Waals surface area contributed by atoms with Gasteiger partial charge in [-0.2, -0.15) is 18.4 Å². The van der Waals surface area contributed by atoms with Gasteiger partial charge in [0.05, 0.1) is 0 Å². The van der Waals surface area contributed by atoms with E-state index in [1.54, 1.807) is 0 Å². The van der Waals surface area contributed by atoms with Crippen LogP contribution in [-0.4, -0.2) is 33.3 Å². The van der Waals surface area contributed by atoms with Crippen LogP contribution in [0.2, 0.25) is 0 Å². The van der Waals surface area contributed by atoms with E-state index in [1.807, 2.05) is 27.7 Å². The minimum absolute atomic E-state index is 0.0868. The van der Waals surface area contributed by atoms with Crippen molar-refractivity contribution in [2.75, 3.05) is 16.4 Å². The summed E-state index contributed by atoms with van der Waals surface area (Å²) in [7, 11) is -4.37. The number of hydrogen-bond acceptors (Lipinski definition) is 8. The molecule has 0 aliphatic heterocycles. The lowest BCUT2D eigenvalue weighted by molar-refractivity contribution is 0.474. The van der Waals surface area contributed by atoms with Crippen molar-refractivity contribution in [3.63, 3.8) is 0 Å². The van der Waals surface area contributed by atoms with Crippen LogP contribution in [0.25, 0.3) is 0 Å². The van der Waals surface area contributed by atoms with Crippen LogP contribution in [0.4, 0.5) is 23.3 Å². The molecule has 0 amide bonds. The third-order valence-electron chi connectivity index (χ3n) is 5.33. The summed E-state index contributed by atoms with van der Waals surface area (Å²) in [4.78, 5) is 22.1. The summed E-state index contributed by atoms with van der Waals surface area (Å²) in [5, 5.41) is 4.09. The molecule has 3 aromatic rings. The molecule has 1 unspecified atom stereocenters. The Balaban J connectivity index is 1.86. The van der Waals surface area contributed by atoms with E-state index >= 15 is 0 Å².